The Bertz CT molecular complexity index is 442. The zero-order chi connectivity index (χ0) is 15.3. The lowest BCUT2D eigenvalue weighted by Crippen LogP contribution is -2.33. The van der Waals surface area contributed by atoms with Gasteiger partial charge in [0.1, 0.15) is 11.6 Å². The van der Waals surface area contributed by atoms with Crippen LogP contribution in [0.1, 0.15) is 5.82 Å². The predicted molar refractivity (Wildman–Crippen MR) is 67.7 cm³/mol. The highest BCUT2D eigenvalue weighted by Gasteiger charge is 2.35. The molecule has 0 fully saturated rings. The first-order chi connectivity index (χ1) is 9.27. The van der Waals surface area contributed by atoms with Gasteiger partial charge in [0.15, 0.2) is 0 Å². The third kappa shape index (κ3) is 4.49. The Balaban J connectivity index is 2.99. The Labute approximate surface area is 114 Å². The van der Waals surface area contributed by atoms with Gasteiger partial charge in [0, 0.05) is 33.8 Å². The van der Waals surface area contributed by atoms with Crippen LogP contribution in [-0.4, -0.2) is 55.5 Å². The van der Waals surface area contributed by atoms with Gasteiger partial charge in [-0.1, -0.05) is 0 Å². The quantitative estimate of drug-likeness (QED) is 0.815. The molecule has 2 N–H and O–H groups in total. The fourth-order valence-corrected chi connectivity index (χ4v) is 1.54. The van der Waals surface area contributed by atoms with Crippen LogP contribution < -0.4 is 10.2 Å². The number of ether oxygens (including phenoxy) is 1. The second kappa shape index (κ2) is 6.71. The first kappa shape index (κ1) is 16.4. The zero-order valence-corrected chi connectivity index (χ0v) is 11.4. The van der Waals surface area contributed by atoms with Crippen LogP contribution >= 0.6 is 0 Å². The van der Waals surface area contributed by atoms with Gasteiger partial charge in [-0.25, -0.2) is 9.97 Å². The molecule has 20 heavy (non-hydrogen) atoms. The van der Waals surface area contributed by atoms with Crippen molar-refractivity contribution in [1.82, 2.24) is 9.97 Å². The fraction of sp³-hybridized carbons (Fsp3) is 0.636. The van der Waals surface area contributed by atoms with Crippen LogP contribution in [-0.2, 0) is 10.9 Å². The molecule has 0 aromatic carbocycles. The summed E-state index contributed by atoms with van der Waals surface area (Å²) in [7, 11) is 4.42. The monoisotopic (exact) mass is 294 g/mol. The number of aliphatic hydroxyl groups excluding tert-OH is 1. The highest BCUT2D eigenvalue weighted by molar-refractivity contribution is 5.49. The molecule has 0 spiro atoms. The van der Waals surface area contributed by atoms with Crippen molar-refractivity contribution < 1.29 is 23.0 Å². The third-order valence-electron chi connectivity index (χ3n) is 2.46. The summed E-state index contributed by atoms with van der Waals surface area (Å²) >= 11 is 0. The number of halogens is 3. The molecule has 114 valence electrons. The highest BCUT2D eigenvalue weighted by Crippen LogP contribution is 2.28. The number of anilines is 2. The number of hydrogen-bond acceptors (Lipinski definition) is 6. The molecule has 6 nitrogen and oxygen atoms in total. The molecule has 1 rings (SSSR count). The van der Waals surface area contributed by atoms with E-state index in [1.165, 1.54) is 32.2 Å². The van der Waals surface area contributed by atoms with Crippen molar-refractivity contribution >= 4 is 11.6 Å². The average Bonchev–Trinajstić information content (AvgIpc) is 2.37. The lowest BCUT2D eigenvalue weighted by atomic mass is 10.3. The Morgan fingerprint density at radius 3 is 2.60 bits per heavy atom. The molecule has 0 amide bonds. The number of methoxy groups -OCH3 is 1. The molecule has 0 saturated carbocycles. The normalized spacial score (nSPS) is 13.2. The van der Waals surface area contributed by atoms with E-state index in [0.29, 0.717) is 0 Å². The lowest BCUT2D eigenvalue weighted by molar-refractivity contribution is -0.144. The van der Waals surface area contributed by atoms with Gasteiger partial charge < -0.3 is 20.1 Å². The van der Waals surface area contributed by atoms with Crippen LogP contribution in [0.2, 0.25) is 0 Å². The van der Waals surface area contributed by atoms with Gasteiger partial charge in [0.2, 0.25) is 5.82 Å². The van der Waals surface area contributed by atoms with Gasteiger partial charge in [0.05, 0.1) is 12.7 Å². The van der Waals surface area contributed by atoms with Crippen molar-refractivity contribution in [1.29, 1.82) is 0 Å². The first-order valence-corrected chi connectivity index (χ1v) is 5.80. The molecule has 0 radical (unpaired) electrons. The molecule has 1 aromatic heterocycles. The van der Waals surface area contributed by atoms with Crippen molar-refractivity contribution in [3.8, 4) is 0 Å². The lowest BCUT2D eigenvalue weighted by Gasteiger charge is -2.22. The van der Waals surface area contributed by atoms with Gasteiger partial charge in [-0.3, -0.25) is 0 Å². The summed E-state index contributed by atoms with van der Waals surface area (Å²) < 4.78 is 42.8. The first-order valence-electron chi connectivity index (χ1n) is 5.80. The summed E-state index contributed by atoms with van der Waals surface area (Å²) in [6.45, 7) is 0.172. The molecule has 9 heteroatoms. The second-order valence-corrected chi connectivity index (χ2v) is 4.17. The summed E-state index contributed by atoms with van der Waals surface area (Å²) in [6, 6.07) is 1.37. The number of nitrogens with one attached hydrogen (secondary N) is 1. The van der Waals surface area contributed by atoms with Gasteiger partial charge in [-0.15, -0.1) is 0 Å². The number of aliphatic hydroxyl groups is 1. The van der Waals surface area contributed by atoms with Crippen LogP contribution in [0.4, 0.5) is 24.8 Å². The van der Waals surface area contributed by atoms with Crippen molar-refractivity contribution in [2.75, 3.05) is 44.6 Å². The summed E-state index contributed by atoms with van der Waals surface area (Å²) in [5.41, 5.74) is 0. The van der Waals surface area contributed by atoms with E-state index in [1.807, 2.05) is 0 Å². The molecule has 0 saturated heterocycles. The minimum absolute atomic E-state index is 0.0513. The smallest absolute Gasteiger partial charge is 0.389 e. The van der Waals surface area contributed by atoms with Crippen LogP contribution in [0.5, 0.6) is 0 Å². The summed E-state index contributed by atoms with van der Waals surface area (Å²) in [5.74, 6) is -1.12. The van der Waals surface area contributed by atoms with E-state index >= 15 is 0 Å². The van der Waals surface area contributed by atoms with E-state index in [4.69, 9.17) is 4.74 Å². The van der Waals surface area contributed by atoms with Crippen molar-refractivity contribution in [3.05, 3.63) is 11.9 Å². The van der Waals surface area contributed by atoms with Gasteiger partial charge in [-0.2, -0.15) is 13.2 Å². The predicted octanol–water partition coefficient (Wildman–Crippen LogP) is 0.981. The number of nitrogens with zero attached hydrogens (tertiary/aromatic N) is 3. The SMILES string of the molecule is CNc1cc(N(C)CC(O)COC)nc(C(F)(F)F)n1. The van der Waals surface area contributed by atoms with Crippen molar-refractivity contribution in [2.45, 2.75) is 12.3 Å². The van der Waals surface area contributed by atoms with E-state index in [1.54, 1.807) is 0 Å². The number of alkyl halides is 3. The summed E-state index contributed by atoms with van der Waals surface area (Å²) in [4.78, 5) is 8.23. The van der Waals surface area contributed by atoms with Crippen molar-refractivity contribution in [3.63, 3.8) is 0 Å². The standard InChI is InChI=1S/C11H17F3N4O2/c1-15-8-4-9(17-10(16-8)11(12,13)14)18(2)5-7(19)6-20-3/h4,7,19H,5-6H2,1-3H3,(H,15,16,17). The molecule has 0 bridgehead atoms. The summed E-state index contributed by atoms with van der Waals surface area (Å²) in [6.07, 6.45) is -5.46. The number of hydrogen-bond donors (Lipinski definition) is 2. The average molecular weight is 294 g/mol. The molecule has 1 aromatic rings. The van der Waals surface area contributed by atoms with Crippen LogP contribution in [0, 0.1) is 0 Å². The number of likely N-dealkylation sites (N-methyl/N-ethyl adjacent to an activating group) is 1. The second-order valence-electron chi connectivity index (χ2n) is 4.17. The number of rotatable bonds is 6. The van der Waals surface area contributed by atoms with Crippen molar-refractivity contribution in [2.24, 2.45) is 0 Å². The van der Waals surface area contributed by atoms with E-state index in [2.05, 4.69) is 15.3 Å². The molecular weight excluding hydrogens is 277 g/mol. The van der Waals surface area contributed by atoms with Gasteiger partial charge in [-0.05, 0) is 0 Å². The van der Waals surface area contributed by atoms with Crippen LogP contribution in [0.25, 0.3) is 0 Å². The molecule has 1 unspecified atom stereocenters. The van der Waals surface area contributed by atoms with Crippen LogP contribution in [0.15, 0.2) is 6.07 Å². The molecule has 0 aliphatic rings. The Hall–Kier alpha value is -1.61. The summed E-state index contributed by atoms with van der Waals surface area (Å²) in [5, 5.41) is 12.1. The topological polar surface area (TPSA) is 70.5 Å². The van der Waals surface area contributed by atoms with E-state index in [-0.39, 0.29) is 24.8 Å². The largest absolute Gasteiger partial charge is 0.451 e. The third-order valence-corrected chi connectivity index (χ3v) is 2.46. The fourth-order valence-electron chi connectivity index (χ4n) is 1.54. The van der Waals surface area contributed by atoms with E-state index in [9.17, 15) is 18.3 Å². The molecule has 1 atom stereocenters. The Morgan fingerprint density at radius 1 is 1.45 bits per heavy atom. The molecule has 0 aliphatic heterocycles. The van der Waals surface area contributed by atoms with Crippen LogP contribution in [0.3, 0.4) is 0 Å². The minimum Gasteiger partial charge on any atom is -0.389 e. The maximum Gasteiger partial charge on any atom is 0.451 e. The number of aromatic nitrogens is 2. The van der Waals surface area contributed by atoms with E-state index in [0.717, 1.165) is 0 Å². The Kier molecular flexibility index (Phi) is 5.52. The Morgan fingerprint density at radius 2 is 2.10 bits per heavy atom. The molecule has 0 aliphatic carbocycles. The maximum atomic E-state index is 12.7. The zero-order valence-electron chi connectivity index (χ0n) is 11.4. The van der Waals surface area contributed by atoms with Gasteiger partial charge >= 0.3 is 6.18 Å². The maximum absolute atomic E-state index is 12.7. The molecule has 1 heterocycles. The minimum atomic E-state index is -4.63. The highest BCUT2D eigenvalue weighted by atomic mass is 19.4. The molecular formula is C11H17F3N4O2. The van der Waals surface area contributed by atoms with E-state index < -0.39 is 18.1 Å². The van der Waals surface area contributed by atoms with Gasteiger partial charge in [0.25, 0.3) is 0 Å².